The van der Waals surface area contributed by atoms with Crippen molar-refractivity contribution in [1.82, 2.24) is 15.0 Å². The fraction of sp³-hybridized carbons (Fsp3) is 0.308. The third-order valence-electron chi connectivity index (χ3n) is 2.69. The zero-order chi connectivity index (χ0) is 15.2. The molecule has 2 aromatic rings. The molecule has 112 valence electrons. The molecule has 1 aromatic heterocycles. The fourth-order valence-corrected chi connectivity index (χ4v) is 2.05. The Hall–Kier alpha value is -1.80. The second-order valence-electron chi connectivity index (χ2n) is 4.41. The number of amides is 1. The van der Waals surface area contributed by atoms with Crippen LogP contribution in [0.4, 0.5) is 10.1 Å². The van der Waals surface area contributed by atoms with Gasteiger partial charge in [-0.15, -0.1) is 5.10 Å². The number of nitrogens with one attached hydrogen (secondary N) is 1. The van der Waals surface area contributed by atoms with E-state index in [2.05, 4.69) is 31.6 Å². The number of carbonyl (C=O) groups is 1. The summed E-state index contributed by atoms with van der Waals surface area (Å²) in [5.41, 5.74) is 0.815. The Kier molecular flexibility index (Phi) is 5.40. The summed E-state index contributed by atoms with van der Waals surface area (Å²) in [5.74, 6) is -0.908. The minimum Gasteiger partial charge on any atom is -0.396 e. The fourth-order valence-electron chi connectivity index (χ4n) is 1.72. The Balaban J connectivity index is 1.93. The van der Waals surface area contributed by atoms with Gasteiger partial charge in [-0.1, -0.05) is 21.1 Å². The van der Waals surface area contributed by atoms with Crippen LogP contribution >= 0.6 is 15.9 Å². The summed E-state index contributed by atoms with van der Waals surface area (Å²) < 4.78 is 15.6. The van der Waals surface area contributed by atoms with Gasteiger partial charge in [-0.2, -0.15) is 0 Å². The average Bonchev–Trinajstić information content (AvgIpc) is 2.87. The van der Waals surface area contributed by atoms with Crippen molar-refractivity contribution in [2.24, 2.45) is 0 Å². The number of hydrogen-bond donors (Lipinski definition) is 2. The second-order valence-corrected chi connectivity index (χ2v) is 5.32. The van der Waals surface area contributed by atoms with Gasteiger partial charge in [0.2, 0.25) is 5.91 Å². The molecule has 0 unspecified atom stereocenters. The third-order valence-corrected chi connectivity index (χ3v) is 3.18. The number of anilines is 1. The maximum absolute atomic E-state index is 13.6. The van der Waals surface area contributed by atoms with E-state index in [9.17, 15) is 9.18 Å². The Bertz CT molecular complexity index is 632. The molecule has 0 spiro atoms. The maximum Gasteiger partial charge on any atom is 0.246 e. The molecule has 6 nitrogen and oxygen atoms in total. The van der Waals surface area contributed by atoms with Crippen molar-refractivity contribution < 1.29 is 14.3 Å². The first-order valence-corrected chi connectivity index (χ1v) is 7.12. The van der Waals surface area contributed by atoms with E-state index in [0.29, 0.717) is 23.0 Å². The first kappa shape index (κ1) is 15.6. The van der Waals surface area contributed by atoms with Gasteiger partial charge in [0.05, 0.1) is 11.4 Å². The molecule has 1 aromatic carbocycles. The monoisotopic (exact) mass is 356 g/mol. The van der Waals surface area contributed by atoms with Crippen LogP contribution in [-0.2, 0) is 17.8 Å². The Morgan fingerprint density at radius 1 is 1.48 bits per heavy atom. The van der Waals surface area contributed by atoms with Crippen LogP contribution in [0.2, 0.25) is 0 Å². The van der Waals surface area contributed by atoms with E-state index in [0.717, 1.165) is 0 Å². The van der Waals surface area contributed by atoms with Crippen molar-refractivity contribution in [2.75, 3.05) is 11.9 Å². The number of benzene rings is 1. The van der Waals surface area contributed by atoms with Gasteiger partial charge in [0.1, 0.15) is 12.4 Å². The van der Waals surface area contributed by atoms with Crippen molar-refractivity contribution in [3.63, 3.8) is 0 Å². The molecule has 0 fully saturated rings. The van der Waals surface area contributed by atoms with Crippen LogP contribution in [0.3, 0.4) is 0 Å². The van der Waals surface area contributed by atoms with Crippen LogP contribution in [0.15, 0.2) is 28.9 Å². The number of aryl methyl sites for hydroxylation is 1. The van der Waals surface area contributed by atoms with E-state index in [4.69, 9.17) is 5.11 Å². The van der Waals surface area contributed by atoms with Crippen LogP contribution in [-0.4, -0.2) is 32.6 Å². The van der Waals surface area contributed by atoms with E-state index in [-0.39, 0.29) is 18.8 Å². The highest BCUT2D eigenvalue weighted by atomic mass is 79.9. The van der Waals surface area contributed by atoms with E-state index in [1.54, 1.807) is 12.3 Å². The molecule has 0 saturated carbocycles. The second kappa shape index (κ2) is 7.28. The zero-order valence-corrected chi connectivity index (χ0v) is 12.7. The van der Waals surface area contributed by atoms with Crippen molar-refractivity contribution in [3.8, 4) is 0 Å². The number of halogens is 2. The first-order chi connectivity index (χ1) is 10.1. The van der Waals surface area contributed by atoms with Crippen LogP contribution in [0.25, 0.3) is 0 Å². The molecule has 0 saturated heterocycles. The Morgan fingerprint density at radius 3 is 3.00 bits per heavy atom. The summed E-state index contributed by atoms with van der Waals surface area (Å²) in [7, 11) is 0. The van der Waals surface area contributed by atoms with Crippen LogP contribution < -0.4 is 5.32 Å². The number of nitrogens with zero attached hydrogens (tertiary/aromatic N) is 3. The van der Waals surface area contributed by atoms with E-state index >= 15 is 0 Å². The van der Waals surface area contributed by atoms with Gasteiger partial charge in [-0.25, -0.2) is 9.07 Å². The predicted octanol–water partition coefficient (Wildman–Crippen LogP) is 1.74. The summed E-state index contributed by atoms with van der Waals surface area (Å²) in [4.78, 5) is 11.8. The lowest BCUT2D eigenvalue weighted by Crippen LogP contribution is -2.19. The van der Waals surface area contributed by atoms with Crippen molar-refractivity contribution >= 4 is 27.5 Å². The highest BCUT2D eigenvalue weighted by Gasteiger charge is 2.09. The number of rotatable bonds is 6. The highest BCUT2D eigenvalue weighted by Crippen LogP contribution is 2.19. The van der Waals surface area contributed by atoms with Crippen LogP contribution in [0.5, 0.6) is 0 Å². The van der Waals surface area contributed by atoms with Gasteiger partial charge in [-0.05, 0) is 31.0 Å². The SMILES string of the molecule is O=C(Cn1cc(CCCO)nn1)Nc1ccc(Br)cc1F. The molecule has 0 bridgehead atoms. The first-order valence-electron chi connectivity index (χ1n) is 6.33. The maximum atomic E-state index is 13.6. The number of aliphatic hydroxyl groups is 1. The molecular weight excluding hydrogens is 343 g/mol. The summed E-state index contributed by atoms with van der Waals surface area (Å²) >= 11 is 3.15. The summed E-state index contributed by atoms with van der Waals surface area (Å²) in [6.45, 7) is 0.0256. The molecule has 0 aliphatic rings. The van der Waals surface area contributed by atoms with Crippen LogP contribution in [0.1, 0.15) is 12.1 Å². The molecule has 0 aliphatic carbocycles. The molecule has 0 aliphatic heterocycles. The quantitative estimate of drug-likeness (QED) is 0.826. The van der Waals surface area contributed by atoms with E-state index in [1.165, 1.54) is 16.8 Å². The Labute approximate surface area is 129 Å². The molecule has 0 atom stereocenters. The van der Waals surface area contributed by atoms with Gasteiger partial charge < -0.3 is 10.4 Å². The Morgan fingerprint density at radius 2 is 2.29 bits per heavy atom. The van der Waals surface area contributed by atoms with E-state index in [1.807, 2.05) is 0 Å². The zero-order valence-electron chi connectivity index (χ0n) is 11.1. The van der Waals surface area contributed by atoms with Gasteiger partial charge >= 0.3 is 0 Å². The van der Waals surface area contributed by atoms with Gasteiger partial charge in [0.15, 0.2) is 0 Å². The molecule has 2 rings (SSSR count). The smallest absolute Gasteiger partial charge is 0.246 e. The number of hydrogen-bond acceptors (Lipinski definition) is 4. The third kappa shape index (κ3) is 4.61. The number of aromatic nitrogens is 3. The number of carbonyl (C=O) groups excluding carboxylic acids is 1. The molecule has 21 heavy (non-hydrogen) atoms. The highest BCUT2D eigenvalue weighted by molar-refractivity contribution is 9.10. The summed E-state index contributed by atoms with van der Waals surface area (Å²) in [6.07, 6.45) is 2.82. The minimum absolute atomic E-state index is 0.0539. The molecule has 0 radical (unpaired) electrons. The molecule has 2 N–H and O–H groups in total. The summed E-state index contributed by atoms with van der Waals surface area (Å²) in [6, 6.07) is 4.39. The van der Waals surface area contributed by atoms with E-state index < -0.39 is 11.7 Å². The average molecular weight is 357 g/mol. The van der Waals surface area contributed by atoms with Crippen LogP contribution in [0, 0.1) is 5.82 Å². The molecular formula is C13H14BrFN4O2. The molecule has 8 heteroatoms. The lowest BCUT2D eigenvalue weighted by atomic mass is 10.3. The summed E-state index contributed by atoms with van der Waals surface area (Å²) in [5, 5.41) is 18.9. The lowest BCUT2D eigenvalue weighted by molar-refractivity contribution is -0.116. The van der Waals surface area contributed by atoms with Crippen molar-refractivity contribution in [2.45, 2.75) is 19.4 Å². The predicted molar refractivity (Wildman–Crippen MR) is 78.2 cm³/mol. The van der Waals surface area contributed by atoms with Crippen molar-refractivity contribution in [1.29, 1.82) is 0 Å². The number of aliphatic hydroxyl groups excluding tert-OH is 1. The molecule has 1 heterocycles. The lowest BCUT2D eigenvalue weighted by Gasteiger charge is -2.06. The molecule has 1 amide bonds. The standard InChI is InChI=1S/C13H14BrFN4O2/c14-9-3-4-12(11(15)6-9)16-13(21)8-19-7-10(17-18-19)2-1-5-20/h3-4,6-7,20H,1-2,5,8H2,(H,16,21). The van der Waals surface area contributed by atoms with Gasteiger partial charge in [0.25, 0.3) is 0 Å². The van der Waals surface area contributed by atoms with Crippen molar-refractivity contribution in [3.05, 3.63) is 40.4 Å². The normalized spacial score (nSPS) is 10.6. The topological polar surface area (TPSA) is 80.0 Å². The van der Waals surface area contributed by atoms with Gasteiger partial charge in [0, 0.05) is 17.3 Å². The largest absolute Gasteiger partial charge is 0.396 e. The minimum atomic E-state index is -0.514. The van der Waals surface area contributed by atoms with Gasteiger partial charge in [-0.3, -0.25) is 4.79 Å².